The first-order chi connectivity index (χ1) is 50.7. The molecule has 6 aliphatic rings. The fourth-order valence-corrected chi connectivity index (χ4v) is 13.1. The summed E-state index contributed by atoms with van der Waals surface area (Å²) in [5.41, 5.74) is 1.76. The molecule has 4 aliphatic heterocycles. The van der Waals surface area contributed by atoms with E-state index >= 15 is 0 Å². The summed E-state index contributed by atoms with van der Waals surface area (Å²) in [6.07, 6.45) is -5.23. The van der Waals surface area contributed by atoms with E-state index in [0.29, 0.717) is 24.4 Å². The molecule has 0 unspecified atom stereocenters. The number of amides is 9. The highest BCUT2D eigenvalue weighted by Crippen LogP contribution is 2.53. The van der Waals surface area contributed by atoms with Crippen LogP contribution >= 0.6 is 0 Å². The molecule has 3 fully saturated rings. The van der Waals surface area contributed by atoms with Gasteiger partial charge < -0.3 is 109 Å². The summed E-state index contributed by atoms with van der Waals surface area (Å²) in [7, 11) is 5.57. The summed E-state index contributed by atoms with van der Waals surface area (Å²) in [6.45, 7) is 6.57. The van der Waals surface area contributed by atoms with Gasteiger partial charge >= 0.3 is 18.2 Å². The van der Waals surface area contributed by atoms with Crippen molar-refractivity contribution in [1.82, 2.24) is 35.6 Å². The Bertz CT molecular complexity index is 3730. The zero-order valence-electron chi connectivity index (χ0n) is 60.1. The first-order valence-corrected chi connectivity index (χ1v) is 34.9. The monoisotopic (exact) mass is 1490 g/mol. The number of fused-ring (bicyclic) bond motifs is 6. The van der Waals surface area contributed by atoms with Gasteiger partial charge in [-0.3, -0.25) is 48.2 Å². The van der Waals surface area contributed by atoms with Crippen LogP contribution in [0.15, 0.2) is 54.6 Å². The van der Waals surface area contributed by atoms with Crippen LogP contribution in [-0.4, -0.2) is 282 Å². The van der Waals surface area contributed by atoms with Gasteiger partial charge in [-0.15, -0.1) is 0 Å². The van der Waals surface area contributed by atoms with Crippen molar-refractivity contribution in [2.24, 2.45) is 11.7 Å². The number of Topliss-reactive ketones (excluding diaryl/α,β-unsaturated/α-hetero) is 1. The third kappa shape index (κ3) is 19.9. The van der Waals surface area contributed by atoms with E-state index in [4.69, 9.17) is 62.6 Å². The van der Waals surface area contributed by atoms with E-state index in [9.17, 15) is 68.1 Å². The summed E-state index contributed by atoms with van der Waals surface area (Å²) in [5.74, 6) is -7.07. The maximum atomic E-state index is 14.4. The number of ether oxygens (including phenoxy) is 12. The molecular formula is C71H93N9O26. The Balaban J connectivity index is 0.721. The standard InChI is InChI=1S/C71H93N9O26/c1-39(2)58(76-50(82)19-25-97-28-30-99-32-33-100-31-29-98-26-23-80-51(83)17-18-52(80)84)65(90)75-45(11-9-20-73-68(72)91)64(89)74-42-15-13-41(14-16-42)37-102-69(92)77(4)21-22-78(5)70(93)103-38-49(81)71(94)35-44-55(62(88)57-56(60(44)86)59(85)43-10-8-12-47(95-6)54(43)61(57)87)48(36-71)105-53-34-46-63(40(3)104-53)106-66-67(96-7)101-27-24-79(46)66/h8,10,12-18,39-40,45-46,48,53,58,63,66-67,86,88,94H,9,11,19-38H2,1-7H3,(H,74,89)(H,75,90)(H,76,82)(H3,72,73,91)/t40-,45-,46-,48-,53-,58-,63+,66+,67-,71-/m0/s1. The van der Waals surface area contributed by atoms with E-state index in [1.165, 1.54) is 63.6 Å². The number of aliphatic hydroxyl groups is 1. The minimum absolute atomic E-state index is 0.0279. The number of aromatic hydroxyl groups is 2. The van der Waals surface area contributed by atoms with Crippen molar-refractivity contribution in [2.45, 2.75) is 127 Å². The molecule has 9 N–H and O–H groups in total. The zero-order valence-corrected chi connectivity index (χ0v) is 60.1. The molecular weight excluding hydrogens is 1390 g/mol. The molecule has 578 valence electrons. The van der Waals surface area contributed by atoms with Gasteiger partial charge in [0.05, 0.1) is 102 Å². The lowest BCUT2D eigenvalue weighted by molar-refractivity contribution is -0.256. The largest absolute Gasteiger partial charge is 0.507 e. The van der Waals surface area contributed by atoms with Gasteiger partial charge in [-0.2, -0.15) is 0 Å². The van der Waals surface area contributed by atoms with Gasteiger partial charge in [0.15, 0.2) is 31.2 Å². The molecule has 35 nitrogen and oxygen atoms in total. The molecule has 0 saturated carbocycles. The molecule has 0 spiro atoms. The maximum absolute atomic E-state index is 14.4. The van der Waals surface area contributed by atoms with Crippen LogP contribution in [0.2, 0.25) is 0 Å². The summed E-state index contributed by atoms with van der Waals surface area (Å²) in [4.78, 5) is 150. The van der Waals surface area contributed by atoms with Crippen LogP contribution in [0, 0.1) is 5.92 Å². The third-order valence-corrected chi connectivity index (χ3v) is 18.8. The van der Waals surface area contributed by atoms with E-state index in [1.54, 1.807) is 45.0 Å². The zero-order chi connectivity index (χ0) is 76.5. The minimum atomic E-state index is -2.49. The number of benzene rings is 3. The van der Waals surface area contributed by atoms with E-state index in [2.05, 4.69) is 26.2 Å². The number of carbonyl (C=O) groups is 11. The van der Waals surface area contributed by atoms with Gasteiger partial charge in [-0.05, 0) is 49.4 Å². The molecule has 9 rings (SSSR count). The van der Waals surface area contributed by atoms with Crippen molar-refractivity contribution in [3.63, 3.8) is 0 Å². The first-order valence-electron chi connectivity index (χ1n) is 34.9. The number of likely N-dealkylation sites (N-methyl/N-ethyl adjacent to an activating group) is 2. The number of nitrogens with zero attached hydrogens (tertiary/aromatic N) is 4. The highest BCUT2D eigenvalue weighted by molar-refractivity contribution is 6.31. The van der Waals surface area contributed by atoms with Gasteiger partial charge in [0.2, 0.25) is 29.3 Å². The number of hydrogen-bond acceptors (Lipinski definition) is 27. The van der Waals surface area contributed by atoms with Crippen LogP contribution in [-0.2, 0) is 93.9 Å². The number of imide groups is 1. The van der Waals surface area contributed by atoms with Gasteiger partial charge in [-0.1, -0.05) is 38.1 Å². The fraction of sp³-hybridized carbons (Fsp3) is 0.563. The van der Waals surface area contributed by atoms with E-state index in [1.807, 2.05) is 0 Å². The lowest BCUT2D eigenvalue weighted by atomic mass is 9.72. The summed E-state index contributed by atoms with van der Waals surface area (Å²) in [5, 5.41) is 47.4. The minimum Gasteiger partial charge on any atom is -0.507 e. The predicted molar refractivity (Wildman–Crippen MR) is 368 cm³/mol. The third-order valence-electron chi connectivity index (χ3n) is 18.8. The van der Waals surface area contributed by atoms with E-state index < -0.39 is 156 Å². The molecule has 10 atom stereocenters. The number of carbonyl (C=O) groups excluding carboxylic acids is 11. The van der Waals surface area contributed by atoms with Gasteiger partial charge in [0, 0.05) is 114 Å². The summed E-state index contributed by atoms with van der Waals surface area (Å²) in [6, 6.07) is 7.31. The summed E-state index contributed by atoms with van der Waals surface area (Å²) >= 11 is 0. The van der Waals surface area contributed by atoms with E-state index in [-0.39, 0.29) is 157 Å². The Morgan fingerprint density at radius 3 is 2.06 bits per heavy atom. The number of anilines is 1. The van der Waals surface area contributed by atoms with Crippen LogP contribution in [0.25, 0.3) is 0 Å². The predicted octanol–water partition coefficient (Wildman–Crippen LogP) is 1.45. The smallest absolute Gasteiger partial charge is 0.409 e. The molecule has 3 saturated heterocycles. The van der Waals surface area contributed by atoms with Crippen molar-refractivity contribution >= 4 is 70.8 Å². The molecule has 0 aromatic heterocycles. The van der Waals surface area contributed by atoms with Crippen LogP contribution in [0.3, 0.4) is 0 Å². The molecule has 3 aromatic rings. The van der Waals surface area contributed by atoms with Crippen molar-refractivity contribution < 1.29 is 125 Å². The highest BCUT2D eigenvalue weighted by atomic mass is 16.7. The number of ketones is 3. The van der Waals surface area contributed by atoms with Crippen molar-refractivity contribution in [2.75, 3.05) is 132 Å². The average Bonchev–Trinajstić information content (AvgIpc) is 0.873. The second kappa shape index (κ2) is 37.3. The first kappa shape index (κ1) is 80.8. The Labute approximate surface area is 610 Å². The van der Waals surface area contributed by atoms with Crippen LogP contribution in [0.1, 0.15) is 108 Å². The number of hydrogen-bond donors (Lipinski definition) is 8. The number of nitrogens with two attached hydrogens (primary N) is 1. The van der Waals surface area contributed by atoms with Gasteiger partial charge in [0.1, 0.15) is 47.6 Å². The number of rotatable bonds is 37. The lowest BCUT2D eigenvalue weighted by Crippen LogP contribution is -2.55. The van der Waals surface area contributed by atoms with Crippen molar-refractivity contribution in [1.29, 1.82) is 0 Å². The molecule has 3 aromatic carbocycles. The van der Waals surface area contributed by atoms with Crippen molar-refractivity contribution in [3.8, 4) is 17.2 Å². The van der Waals surface area contributed by atoms with Crippen molar-refractivity contribution in [3.05, 3.63) is 93.6 Å². The normalized spacial score (nSPS) is 22.1. The number of phenols is 2. The molecule has 2 aliphatic carbocycles. The number of phenolic OH excluding ortho intramolecular Hbond substituents is 2. The van der Waals surface area contributed by atoms with Crippen LogP contribution in [0.4, 0.5) is 20.1 Å². The Hall–Kier alpha value is -9.27. The van der Waals surface area contributed by atoms with E-state index in [0.717, 1.165) is 9.80 Å². The number of primary amides is 1. The second-order valence-corrected chi connectivity index (χ2v) is 26.4. The number of nitrogens with one attached hydrogen (secondary N) is 4. The number of morpholine rings is 1. The summed E-state index contributed by atoms with van der Waals surface area (Å²) < 4.78 is 68.8. The number of urea groups is 1. The fourth-order valence-electron chi connectivity index (χ4n) is 13.1. The topological polar surface area (TPSA) is 446 Å². The molecule has 35 heteroatoms. The van der Waals surface area contributed by atoms with Gasteiger partial charge in [0.25, 0.3) is 11.8 Å². The SMILES string of the molecule is COc1cccc2c1C(=O)c1c(O)c3c(c(O)c1C2=O)C[C@@](O)(C(=O)COC(=O)N(C)CCN(C)C(=O)OCc1ccc(NC(=O)[C@H](CCCNC(N)=O)NC(=O)[C@@H](NC(=O)CCOCCOCCOCCOCCN2C(=O)C=CC2=O)C(C)C)cc1)C[C@@H]3O[C@H]1C[C@H]2[C@H](O[C@@H]3[C@@H](OC)OCCN32)[C@H](C)O1. The quantitative estimate of drug-likeness (QED) is 0.0180. The van der Waals surface area contributed by atoms with Gasteiger partial charge in [-0.25, -0.2) is 14.4 Å². The Morgan fingerprint density at radius 2 is 1.42 bits per heavy atom. The maximum Gasteiger partial charge on any atom is 0.409 e. The Morgan fingerprint density at radius 1 is 0.774 bits per heavy atom. The molecule has 106 heavy (non-hydrogen) atoms. The Kier molecular flexibility index (Phi) is 28.5. The molecule has 0 bridgehead atoms. The molecule has 4 heterocycles. The average molecular weight is 1490 g/mol. The number of methoxy groups -OCH3 is 2. The molecule has 9 amide bonds. The molecule has 0 radical (unpaired) electrons. The second-order valence-electron chi connectivity index (χ2n) is 26.4. The lowest BCUT2D eigenvalue weighted by Gasteiger charge is -2.43. The highest BCUT2D eigenvalue weighted by Gasteiger charge is 2.56. The van der Waals surface area contributed by atoms with Crippen LogP contribution in [0.5, 0.6) is 17.2 Å². The van der Waals surface area contributed by atoms with Crippen LogP contribution < -0.4 is 31.7 Å².